The van der Waals surface area contributed by atoms with E-state index in [0.29, 0.717) is 22.7 Å². The number of aromatic nitrogens is 3. The third-order valence-corrected chi connectivity index (χ3v) is 6.67. The first kappa shape index (κ1) is 16.9. The maximum absolute atomic E-state index is 13.2. The molecule has 6 nitrogen and oxygen atoms in total. The van der Waals surface area contributed by atoms with E-state index in [1.165, 1.54) is 4.31 Å². The molecule has 134 valence electrons. The SMILES string of the molecule is CC(C)N1Cc2nnn(Cc3ccccc3)c2-c2ccccc2S1(=O)=O. The number of fused-ring (bicyclic) bond motifs is 3. The summed E-state index contributed by atoms with van der Waals surface area (Å²) in [6.45, 7) is 4.51. The Bertz CT molecular complexity index is 1040. The third kappa shape index (κ3) is 2.73. The van der Waals surface area contributed by atoms with Gasteiger partial charge in [0.15, 0.2) is 0 Å². The van der Waals surface area contributed by atoms with Gasteiger partial charge >= 0.3 is 0 Å². The van der Waals surface area contributed by atoms with Gasteiger partial charge in [0.25, 0.3) is 0 Å². The second kappa shape index (κ2) is 6.34. The van der Waals surface area contributed by atoms with Crippen LogP contribution in [0.25, 0.3) is 11.3 Å². The van der Waals surface area contributed by atoms with Gasteiger partial charge in [0, 0.05) is 11.6 Å². The van der Waals surface area contributed by atoms with Crippen LogP contribution in [-0.4, -0.2) is 33.8 Å². The molecule has 0 spiro atoms. The van der Waals surface area contributed by atoms with Crippen LogP contribution in [0, 0.1) is 0 Å². The zero-order chi connectivity index (χ0) is 18.3. The van der Waals surface area contributed by atoms with Crippen LogP contribution in [0.15, 0.2) is 59.5 Å². The summed E-state index contributed by atoms with van der Waals surface area (Å²) in [5.74, 6) is 0. The van der Waals surface area contributed by atoms with Crippen LogP contribution < -0.4 is 0 Å². The normalized spacial score (nSPS) is 16.1. The average Bonchev–Trinajstić information content (AvgIpc) is 2.98. The summed E-state index contributed by atoms with van der Waals surface area (Å²) >= 11 is 0. The molecular weight excluding hydrogens is 348 g/mol. The molecule has 2 aromatic carbocycles. The zero-order valence-electron chi connectivity index (χ0n) is 14.7. The predicted octanol–water partition coefficient (Wildman–Crippen LogP) is 2.91. The van der Waals surface area contributed by atoms with Gasteiger partial charge in [-0.3, -0.25) is 0 Å². The number of nitrogens with zero attached hydrogens (tertiary/aromatic N) is 4. The van der Waals surface area contributed by atoms with Crippen LogP contribution in [0.2, 0.25) is 0 Å². The van der Waals surface area contributed by atoms with Crippen molar-refractivity contribution in [3.8, 4) is 11.3 Å². The third-order valence-electron chi connectivity index (χ3n) is 4.59. The second-order valence-electron chi connectivity index (χ2n) is 6.67. The molecule has 0 saturated heterocycles. The molecule has 4 rings (SSSR count). The van der Waals surface area contributed by atoms with Crippen molar-refractivity contribution >= 4 is 10.0 Å². The standard InChI is InChI=1S/C19H20N4O2S/c1-14(2)23-13-17-19(16-10-6-7-11-18(16)26(23,24)25)22(21-20-17)12-15-8-4-3-5-9-15/h3-11,14H,12-13H2,1-2H3. The Labute approximate surface area is 153 Å². The maximum Gasteiger partial charge on any atom is 0.244 e. The minimum atomic E-state index is -3.59. The lowest BCUT2D eigenvalue weighted by Crippen LogP contribution is -2.35. The van der Waals surface area contributed by atoms with E-state index in [0.717, 1.165) is 11.3 Å². The highest BCUT2D eigenvalue weighted by Gasteiger charge is 2.36. The van der Waals surface area contributed by atoms with Crippen LogP contribution >= 0.6 is 0 Å². The fraction of sp³-hybridized carbons (Fsp3) is 0.263. The molecule has 0 N–H and O–H groups in total. The highest BCUT2D eigenvalue weighted by molar-refractivity contribution is 7.89. The van der Waals surface area contributed by atoms with Gasteiger partial charge in [-0.1, -0.05) is 53.7 Å². The van der Waals surface area contributed by atoms with Gasteiger partial charge in [-0.2, -0.15) is 4.31 Å². The monoisotopic (exact) mass is 368 g/mol. The molecule has 26 heavy (non-hydrogen) atoms. The first-order chi connectivity index (χ1) is 12.5. The Morgan fingerprint density at radius 3 is 2.46 bits per heavy atom. The van der Waals surface area contributed by atoms with E-state index in [1.807, 2.05) is 56.3 Å². The van der Waals surface area contributed by atoms with Gasteiger partial charge < -0.3 is 0 Å². The van der Waals surface area contributed by atoms with Gasteiger partial charge in [-0.05, 0) is 25.5 Å². The smallest absolute Gasteiger partial charge is 0.240 e. The van der Waals surface area contributed by atoms with Crippen molar-refractivity contribution in [3.63, 3.8) is 0 Å². The lowest BCUT2D eigenvalue weighted by Gasteiger charge is -2.23. The van der Waals surface area contributed by atoms with Crippen molar-refractivity contribution in [2.24, 2.45) is 0 Å². The molecule has 7 heteroatoms. The molecule has 0 aliphatic carbocycles. The van der Waals surface area contributed by atoms with Gasteiger partial charge in [0.2, 0.25) is 10.0 Å². The molecule has 0 atom stereocenters. The largest absolute Gasteiger partial charge is 0.244 e. The number of hydrogen-bond acceptors (Lipinski definition) is 4. The fourth-order valence-electron chi connectivity index (χ4n) is 3.32. The van der Waals surface area contributed by atoms with Crippen LogP contribution in [0.1, 0.15) is 25.1 Å². The number of rotatable bonds is 3. The molecule has 1 aliphatic rings. The van der Waals surface area contributed by atoms with Crippen molar-refractivity contribution in [2.75, 3.05) is 0 Å². The van der Waals surface area contributed by atoms with Crippen molar-refractivity contribution in [2.45, 2.75) is 37.9 Å². The summed E-state index contributed by atoms with van der Waals surface area (Å²) in [4.78, 5) is 0.309. The molecule has 1 aliphatic heterocycles. The van der Waals surface area contributed by atoms with Crippen LogP contribution in [-0.2, 0) is 23.1 Å². The summed E-state index contributed by atoms with van der Waals surface area (Å²) in [6, 6.07) is 16.9. The summed E-state index contributed by atoms with van der Waals surface area (Å²) in [5.41, 5.74) is 3.21. The first-order valence-electron chi connectivity index (χ1n) is 8.56. The van der Waals surface area contributed by atoms with Gasteiger partial charge in [0.05, 0.1) is 23.7 Å². The number of benzene rings is 2. The van der Waals surface area contributed by atoms with E-state index in [2.05, 4.69) is 10.3 Å². The molecule has 0 fully saturated rings. The lowest BCUT2D eigenvalue weighted by atomic mass is 10.1. The van der Waals surface area contributed by atoms with Crippen LogP contribution in [0.3, 0.4) is 0 Å². The van der Waals surface area contributed by atoms with E-state index in [-0.39, 0.29) is 12.6 Å². The minimum Gasteiger partial charge on any atom is -0.240 e. The molecular formula is C19H20N4O2S. The van der Waals surface area contributed by atoms with Crippen LogP contribution in [0.4, 0.5) is 0 Å². The van der Waals surface area contributed by atoms with E-state index in [9.17, 15) is 8.42 Å². The van der Waals surface area contributed by atoms with E-state index >= 15 is 0 Å². The van der Waals surface area contributed by atoms with Crippen molar-refractivity contribution < 1.29 is 8.42 Å². The van der Waals surface area contributed by atoms with Crippen molar-refractivity contribution in [1.82, 2.24) is 19.3 Å². The summed E-state index contributed by atoms with van der Waals surface area (Å²) in [7, 11) is -3.59. The lowest BCUT2D eigenvalue weighted by molar-refractivity contribution is 0.346. The number of sulfonamides is 1. The molecule has 0 bridgehead atoms. The van der Waals surface area contributed by atoms with Gasteiger partial charge in [-0.15, -0.1) is 5.10 Å². The number of hydrogen-bond donors (Lipinski definition) is 0. The topological polar surface area (TPSA) is 68.1 Å². The van der Waals surface area contributed by atoms with E-state index in [4.69, 9.17) is 0 Å². The molecule has 0 saturated carbocycles. The summed E-state index contributed by atoms with van der Waals surface area (Å²) in [5, 5.41) is 8.64. The maximum atomic E-state index is 13.2. The molecule has 3 aromatic rings. The van der Waals surface area contributed by atoms with E-state index < -0.39 is 10.0 Å². The molecule has 0 radical (unpaired) electrons. The summed E-state index contributed by atoms with van der Waals surface area (Å²) in [6.07, 6.45) is 0. The minimum absolute atomic E-state index is 0.168. The highest BCUT2D eigenvalue weighted by atomic mass is 32.2. The second-order valence-corrected chi connectivity index (χ2v) is 8.53. The van der Waals surface area contributed by atoms with Gasteiger partial charge in [0.1, 0.15) is 5.69 Å². The Morgan fingerprint density at radius 2 is 1.73 bits per heavy atom. The first-order valence-corrected chi connectivity index (χ1v) is 10.00. The Balaban J connectivity index is 1.92. The van der Waals surface area contributed by atoms with E-state index in [1.54, 1.807) is 16.8 Å². The summed E-state index contributed by atoms with van der Waals surface area (Å²) < 4.78 is 29.6. The van der Waals surface area contributed by atoms with Crippen molar-refractivity contribution in [3.05, 3.63) is 65.9 Å². The Kier molecular flexibility index (Phi) is 4.13. The van der Waals surface area contributed by atoms with Crippen molar-refractivity contribution in [1.29, 1.82) is 0 Å². The highest BCUT2D eigenvalue weighted by Crippen LogP contribution is 2.36. The fourth-order valence-corrected chi connectivity index (χ4v) is 5.12. The molecule has 0 amide bonds. The van der Waals surface area contributed by atoms with Crippen LogP contribution in [0.5, 0.6) is 0 Å². The quantitative estimate of drug-likeness (QED) is 0.713. The Hall–Kier alpha value is -2.51. The average molecular weight is 368 g/mol. The zero-order valence-corrected chi connectivity index (χ0v) is 15.5. The Morgan fingerprint density at radius 1 is 1.04 bits per heavy atom. The van der Waals surface area contributed by atoms with Gasteiger partial charge in [-0.25, -0.2) is 13.1 Å². The predicted molar refractivity (Wildman–Crippen MR) is 98.9 cm³/mol. The molecule has 2 heterocycles. The molecule has 0 unspecified atom stereocenters. The molecule has 1 aromatic heterocycles.